The molecule has 5 aromatic rings. The quantitative estimate of drug-likeness (QED) is 0.354. The SMILES string of the molecule is CCOc1ccc(-n2c(COC(=O)Cc3n[nH]c(=O)c4ccccc34)nc3ccccc3c2=O)cc1. The van der Waals surface area contributed by atoms with Crippen LogP contribution in [0.5, 0.6) is 5.75 Å². The van der Waals surface area contributed by atoms with Crippen LogP contribution in [-0.4, -0.2) is 32.3 Å². The molecule has 0 saturated heterocycles. The second-order valence-electron chi connectivity index (χ2n) is 8.00. The number of carbonyl (C=O) groups is 1. The van der Waals surface area contributed by atoms with Crippen molar-refractivity contribution in [1.29, 1.82) is 0 Å². The molecule has 0 bridgehead atoms. The van der Waals surface area contributed by atoms with Crippen LogP contribution in [0.15, 0.2) is 82.4 Å². The van der Waals surface area contributed by atoms with Crippen molar-refractivity contribution >= 4 is 27.6 Å². The summed E-state index contributed by atoms with van der Waals surface area (Å²) < 4.78 is 12.5. The Labute approximate surface area is 205 Å². The lowest BCUT2D eigenvalue weighted by Crippen LogP contribution is -2.25. The van der Waals surface area contributed by atoms with Crippen LogP contribution in [0.3, 0.4) is 0 Å². The summed E-state index contributed by atoms with van der Waals surface area (Å²) in [7, 11) is 0. The van der Waals surface area contributed by atoms with Gasteiger partial charge in [-0.2, -0.15) is 5.10 Å². The van der Waals surface area contributed by atoms with Gasteiger partial charge in [0.2, 0.25) is 0 Å². The van der Waals surface area contributed by atoms with Crippen molar-refractivity contribution in [2.24, 2.45) is 0 Å². The number of para-hydroxylation sites is 1. The lowest BCUT2D eigenvalue weighted by atomic mass is 10.1. The molecule has 180 valence electrons. The molecule has 2 aromatic heterocycles. The molecule has 5 rings (SSSR count). The van der Waals surface area contributed by atoms with Gasteiger partial charge in [0, 0.05) is 5.39 Å². The van der Waals surface area contributed by atoms with Gasteiger partial charge in [-0.15, -0.1) is 0 Å². The molecular weight excluding hydrogens is 460 g/mol. The van der Waals surface area contributed by atoms with Gasteiger partial charge in [-0.05, 0) is 49.4 Å². The average Bonchev–Trinajstić information content (AvgIpc) is 2.90. The minimum Gasteiger partial charge on any atom is -0.494 e. The number of hydrogen-bond acceptors (Lipinski definition) is 7. The topological polar surface area (TPSA) is 116 Å². The number of rotatable bonds is 7. The zero-order chi connectivity index (χ0) is 25.1. The molecule has 9 heteroatoms. The monoisotopic (exact) mass is 482 g/mol. The first kappa shape index (κ1) is 23.0. The highest BCUT2D eigenvalue weighted by molar-refractivity contribution is 5.86. The lowest BCUT2D eigenvalue weighted by Gasteiger charge is -2.14. The fraction of sp³-hybridized carbons (Fsp3) is 0.148. The minimum absolute atomic E-state index is 0.155. The molecule has 0 saturated carbocycles. The normalized spacial score (nSPS) is 11.0. The first-order chi connectivity index (χ1) is 17.5. The second kappa shape index (κ2) is 9.83. The van der Waals surface area contributed by atoms with Crippen molar-refractivity contribution in [2.75, 3.05) is 6.61 Å². The molecule has 36 heavy (non-hydrogen) atoms. The summed E-state index contributed by atoms with van der Waals surface area (Å²) in [5.41, 5.74) is 0.863. The molecule has 1 N–H and O–H groups in total. The number of nitrogens with one attached hydrogen (secondary N) is 1. The number of benzene rings is 3. The number of esters is 1. The Morgan fingerprint density at radius 2 is 1.61 bits per heavy atom. The predicted molar refractivity (Wildman–Crippen MR) is 134 cm³/mol. The van der Waals surface area contributed by atoms with E-state index in [-0.39, 0.29) is 30.0 Å². The summed E-state index contributed by atoms with van der Waals surface area (Å²) in [4.78, 5) is 42.7. The molecular formula is C27H22N4O5. The van der Waals surface area contributed by atoms with Crippen LogP contribution < -0.4 is 15.9 Å². The van der Waals surface area contributed by atoms with E-state index in [0.29, 0.717) is 45.4 Å². The van der Waals surface area contributed by atoms with Crippen molar-refractivity contribution in [3.8, 4) is 11.4 Å². The van der Waals surface area contributed by atoms with Gasteiger partial charge in [-0.25, -0.2) is 10.1 Å². The molecule has 0 spiro atoms. The number of hydrogen-bond donors (Lipinski definition) is 1. The number of fused-ring (bicyclic) bond motifs is 2. The van der Waals surface area contributed by atoms with E-state index in [0.717, 1.165) is 0 Å². The smallest absolute Gasteiger partial charge is 0.312 e. The molecule has 0 fully saturated rings. The van der Waals surface area contributed by atoms with Gasteiger partial charge in [0.05, 0.1) is 40.7 Å². The van der Waals surface area contributed by atoms with Crippen molar-refractivity contribution in [2.45, 2.75) is 20.0 Å². The van der Waals surface area contributed by atoms with Gasteiger partial charge in [0.25, 0.3) is 11.1 Å². The van der Waals surface area contributed by atoms with E-state index in [1.165, 1.54) is 4.57 Å². The molecule has 2 heterocycles. The van der Waals surface area contributed by atoms with E-state index in [1.54, 1.807) is 72.8 Å². The van der Waals surface area contributed by atoms with Crippen molar-refractivity contribution < 1.29 is 14.3 Å². The number of ether oxygens (including phenoxy) is 2. The van der Waals surface area contributed by atoms with Gasteiger partial charge >= 0.3 is 5.97 Å². The number of H-pyrrole nitrogens is 1. The van der Waals surface area contributed by atoms with Gasteiger partial charge in [0.15, 0.2) is 5.82 Å². The second-order valence-corrected chi connectivity index (χ2v) is 8.00. The van der Waals surface area contributed by atoms with Crippen LogP contribution in [0.2, 0.25) is 0 Å². The van der Waals surface area contributed by atoms with Crippen LogP contribution in [0.1, 0.15) is 18.4 Å². The van der Waals surface area contributed by atoms with Gasteiger partial charge in [-0.3, -0.25) is 19.0 Å². The van der Waals surface area contributed by atoms with E-state index in [4.69, 9.17) is 9.47 Å². The Morgan fingerprint density at radius 3 is 2.36 bits per heavy atom. The first-order valence-electron chi connectivity index (χ1n) is 11.4. The average molecular weight is 482 g/mol. The number of aromatic amines is 1. The number of carbonyl (C=O) groups excluding carboxylic acids is 1. The summed E-state index contributed by atoms with van der Waals surface area (Å²) >= 11 is 0. The van der Waals surface area contributed by atoms with Gasteiger partial charge in [0.1, 0.15) is 12.4 Å². The molecule has 0 aliphatic heterocycles. The largest absolute Gasteiger partial charge is 0.494 e. The molecule has 0 unspecified atom stereocenters. The Kier molecular flexibility index (Phi) is 6.27. The third kappa shape index (κ3) is 4.46. The number of aromatic nitrogens is 4. The predicted octanol–water partition coefficient (Wildman–Crippen LogP) is 3.31. The Morgan fingerprint density at radius 1 is 0.917 bits per heavy atom. The summed E-state index contributed by atoms with van der Waals surface area (Å²) in [6, 6.07) is 21.0. The van der Waals surface area contributed by atoms with E-state index in [9.17, 15) is 14.4 Å². The van der Waals surface area contributed by atoms with Gasteiger partial charge in [-0.1, -0.05) is 30.3 Å². The maximum absolute atomic E-state index is 13.4. The standard InChI is InChI=1S/C27H22N4O5/c1-2-35-18-13-11-17(12-14-18)31-24(28-22-10-6-5-9-21(22)27(31)34)16-36-25(32)15-23-19-7-3-4-8-20(19)26(33)30-29-23/h3-14H,2,15-16H2,1H3,(H,30,33). The Hall–Kier alpha value is -4.79. The Balaban J connectivity index is 1.46. The summed E-state index contributed by atoms with van der Waals surface area (Å²) in [5.74, 6) is 0.382. The van der Waals surface area contributed by atoms with Crippen molar-refractivity contribution in [3.63, 3.8) is 0 Å². The highest BCUT2D eigenvalue weighted by Crippen LogP contribution is 2.18. The van der Waals surface area contributed by atoms with Crippen LogP contribution in [-0.2, 0) is 22.6 Å². The first-order valence-corrected chi connectivity index (χ1v) is 11.4. The zero-order valence-electron chi connectivity index (χ0n) is 19.4. The third-order valence-corrected chi connectivity index (χ3v) is 5.70. The summed E-state index contributed by atoms with van der Waals surface area (Å²) in [5, 5.41) is 7.90. The van der Waals surface area contributed by atoms with Crippen LogP contribution >= 0.6 is 0 Å². The van der Waals surface area contributed by atoms with E-state index in [1.807, 2.05) is 6.92 Å². The molecule has 0 aliphatic rings. The minimum atomic E-state index is -0.569. The maximum Gasteiger partial charge on any atom is 0.312 e. The summed E-state index contributed by atoms with van der Waals surface area (Å²) in [6.45, 7) is 2.19. The molecule has 0 amide bonds. The highest BCUT2D eigenvalue weighted by atomic mass is 16.5. The van der Waals surface area contributed by atoms with E-state index >= 15 is 0 Å². The molecule has 0 aliphatic carbocycles. The van der Waals surface area contributed by atoms with Crippen LogP contribution in [0.25, 0.3) is 27.4 Å². The fourth-order valence-electron chi connectivity index (χ4n) is 4.04. The van der Waals surface area contributed by atoms with Crippen LogP contribution in [0.4, 0.5) is 0 Å². The van der Waals surface area contributed by atoms with Crippen molar-refractivity contribution in [1.82, 2.24) is 19.7 Å². The summed E-state index contributed by atoms with van der Waals surface area (Å²) in [6.07, 6.45) is -0.155. The molecule has 3 aromatic carbocycles. The zero-order valence-corrected chi connectivity index (χ0v) is 19.4. The van der Waals surface area contributed by atoms with Crippen molar-refractivity contribution in [3.05, 3.63) is 105 Å². The molecule has 0 atom stereocenters. The third-order valence-electron chi connectivity index (χ3n) is 5.70. The van der Waals surface area contributed by atoms with E-state index in [2.05, 4.69) is 15.2 Å². The van der Waals surface area contributed by atoms with Crippen LogP contribution in [0, 0.1) is 0 Å². The number of nitrogens with zero attached hydrogens (tertiary/aromatic N) is 3. The van der Waals surface area contributed by atoms with Gasteiger partial charge < -0.3 is 9.47 Å². The fourth-order valence-corrected chi connectivity index (χ4v) is 4.04. The lowest BCUT2D eigenvalue weighted by molar-refractivity contribution is -0.144. The maximum atomic E-state index is 13.4. The highest BCUT2D eigenvalue weighted by Gasteiger charge is 2.16. The molecule has 0 radical (unpaired) electrons. The molecule has 9 nitrogen and oxygen atoms in total. The Bertz CT molecular complexity index is 1690. The van der Waals surface area contributed by atoms with E-state index < -0.39 is 5.97 Å².